The standard InChI is InChI=1S/C20H16BrFN6O/c21-14-3-4-16(15(22)12-14)27-20(29)25-10-11-28-18(13-5-8-23-9-6-13)26-17-2-1-7-24-19(17)28/h1-9,12H,10-11H2,(H2,25,27,29). The topological polar surface area (TPSA) is 84.7 Å². The van der Waals surface area contributed by atoms with Crippen molar-refractivity contribution in [1.29, 1.82) is 0 Å². The van der Waals surface area contributed by atoms with Crippen molar-refractivity contribution in [1.82, 2.24) is 24.8 Å². The van der Waals surface area contributed by atoms with Gasteiger partial charge in [0.25, 0.3) is 0 Å². The summed E-state index contributed by atoms with van der Waals surface area (Å²) in [6.07, 6.45) is 5.10. The van der Waals surface area contributed by atoms with Crippen LogP contribution in [0.2, 0.25) is 0 Å². The normalized spacial score (nSPS) is 10.8. The number of hydrogen-bond donors (Lipinski definition) is 2. The fraction of sp³-hybridized carbons (Fsp3) is 0.100. The molecule has 0 fully saturated rings. The largest absolute Gasteiger partial charge is 0.336 e. The van der Waals surface area contributed by atoms with Gasteiger partial charge in [0.15, 0.2) is 5.65 Å². The molecule has 0 saturated heterocycles. The number of carbonyl (C=O) groups is 1. The molecule has 2 N–H and O–H groups in total. The Bertz CT molecular complexity index is 1160. The number of halogens is 2. The number of benzene rings is 1. The molecule has 146 valence electrons. The van der Waals surface area contributed by atoms with E-state index in [9.17, 15) is 9.18 Å². The van der Waals surface area contributed by atoms with Gasteiger partial charge in [-0.1, -0.05) is 15.9 Å². The van der Waals surface area contributed by atoms with Crippen molar-refractivity contribution in [2.75, 3.05) is 11.9 Å². The number of aromatic nitrogens is 4. The molecule has 1 aromatic carbocycles. The number of carbonyl (C=O) groups excluding carboxylic acids is 1. The van der Waals surface area contributed by atoms with E-state index in [-0.39, 0.29) is 5.69 Å². The van der Waals surface area contributed by atoms with Crippen LogP contribution in [0.3, 0.4) is 0 Å². The molecule has 2 amide bonds. The first-order valence-corrected chi connectivity index (χ1v) is 9.62. The SMILES string of the molecule is O=C(NCCn1c(-c2ccncc2)nc2cccnc21)Nc1ccc(Br)cc1F. The number of amides is 2. The van der Waals surface area contributed by atoms with Crippen molar-refractivity contribution in [3.63, 3.8) is 0 Å². The highest BCUT2D eigenvalue weighted by molar-refractivity contribution is 9.10. The van der Waals surface area contributed by atoms with Crippen molar-refractivity contribution in [2.45, 2.75) is 6.54 Å². The monoisotopic (exact) mass is 454 g/mol. The van der Waals surface area contributed by atoms with Crippen molar-refractivity contribution in [2.24, 2.45) is 0 Å². The van der Waals surface area contributed by atoms with Crippen LogP contribution in [0, 0.1) is 5.82 Å². The minimum atomic E-state index is -0.515. The zero-order valence-electron chi connectivity index (χ0n) is 15.1. The lowest BCUT2D eigenvalue weighted by Gasteiger charge is -2.11. The second-order valence-electron chi connectivity index (χ2n) is 6.17. The lowest BCUT2D eigenvalue weighted by Crippen LogP contribution is -2.32. The number of imidazole rings is 1. The Morgan fingerprint density at radius 1 is 1.14 bits per heavy atom. The van der Waals surface area contributed by atoms with Crippen molar-refractivity contribution < 1.29 is 9.18 Å². The molecule has 0 saturated carbocycles. The molecule has 29 heavy (non-hydrogen) atoms. The van der Waals surface area contributed by atoms with Gasteiger partial charge in [-0.3, -0.25) is 4.98 Å². The molecule has 0 bridgehead atoms. The molecule has 9 heteroatoms. The maximum Gasteiger partial charge on any atom is 0.319 e. The maximum atomic E-state index is 13.9. The molecule has 0 aliphatic carbocycles. The molecule has 0 atom stereocenters. The van der Waals surface area contributed by atoms with E-state index in [0.717, 1.165) is 22.6 Å². The summed E-state index contributed by atoms with van der Waals surface area (Å²) in [6.45, 7) is 0.755. The Morgan fingerprint density at radius 3 is 2.76 bits per heavy atom. The smallest absolute Gasteiger partial charge is 0.319 e. The van der Waals surface area contributed by atoms with E-state index in [1.807, 2.05) is 28.8 Å². The summed E-state index contributed by atoms with van der Waals surface area (Å²) in [6, 6.07) is 11.4. The van der Waals surface area contributed by atoms with Crippen LogP contribution in [0.25, 0.3) is 22.6 Å². The van der Waals surface area contributed by atoms with E-state index in [2.05, 4.69) is 41.5 Å². The molecule has 3 heterocycles. The summed E-state index contributed by atoms with van der Waals surface area (Å²) in [5.74, 6) is 0.224. The van der Waals surface area contributed by atoms with Crippen LogP contribution < -0.4 is 10.6 Å². The zero-order valence-corrected chi connectivity index (χ0v) is 16.7. The highest BCUT2D eigenvalue weighted by Crippen LogP contribution is 2.23. The number of urea groups is 1. The summed E-state index contributed by atoms with van der Waals surface area (Å²) in [7, 11) is 0. The lowest BCUT2D eigenvalue weighted by molar-refractivity contribution is 0.251. The van der Waals surface area contributed by atoms with Crippen molar-refractivity contribution in [3.05, 3.63) is 71.3 Å². The fourth-order valence-corrected chi connectivity index (χ4v) is 3.26. The van der Waals surface area contributed by atoms with Crippen LogP contribution in [0.4, 0.5) is 14.9 Å². The van der Waals surface area contributed by atoms with Crippen molar-refractivity contribution in [3.8, 4) is 11.4 Å². The fourth-order valence-electron chi connectivity index (χ4n) is 2.93. The third kappa shape index (κ3) is 4.24. The van der Waals surface area contributed by atoms with Gasteiger partial charge in [-0.25, -0.2) is 19.2 Å². The van der Waals surface area contributed by atoms with Crippen LogP contribution in [0.5, 0.6) is 0 Å². The Balaban J connectivity index is 1.49. The number of nitrogens with zero attached hydrogens (tertiary/aromatic N) is 4. The Kier molecular flexibility index (Phi) is 5.48. The molecule has 4 rings (SSSR count). The van der Waals surface area contributed by atoms with Gasteiger partial charge in [0.1, 0.15) is 17.2 Å². The van der Waals surface area contributed by atoms with Gasteiger partial charge in [-0.2, -0.15) is 0 Å². The highest BCUT2D eigenvalue weighted by Gasteiger charge is 2.14. The van der Waals surface area contributed by atoms with Gasteiger partial charge in [0.2, 0.25) is 0 Å². The van der Waals surface area contributed by atoms with Crippen LogP contribution in [-0.4, -0.2) is 32.1 Å². The van der Waals surface area contributed by atoms with Crippen LogP contribution >= 0.6 is 15.9 Å². The maximum absolute atomic E-state index is 13.9. The van der Waals surface area contributed by atoms with Gasteiger partial charge in [-0.05, 0) is 42.5 Å². The third-order valence-electron chi connectivity index (χ3n) is 4.24. The quantitative estimate of drug-likeness (QED) is 0.472. The molecule has 4 aromatic rings. The predicted octanol–water partition coefficient (Wildman–Crippen LogP) is 4.22. The molecule has 0 radical (unpaired) electrons. The first-order chi connectivity index (χ1) is 14.1. The van der Waals surface area contributed by atoms with Gasteiger partial charge < -0.3 is 15.2 Å². The number of hydrogen-bond acceptors (Lipinski definition) is 4. The molecule has 7 nitrogen and oxygen atoms in total. The highest BCUT2D eigenvalue weighted by atomic mass is 79.9. The third-order valence-corrected chi connectivity index (χ3v) is 4.74. The second kappa shape index (κ2) is 8.36. The van der Waals surface area contributed by atoms with E-state index >= 15 is 0 Å². The first kappa shape index (κ1) is 19.0. The minimum absolute atomic E-state index is 0.109. The minimum Gasteiger partial charge on any atom is -0.336 e. The average molecular weight is 455 g/mol. The predicted molar refractivity (Wildman–Crippen MR) is 112 cm³/mol. The van der Waals surface area contributed by atoms with E-state index in [1.165, 1.54) is 12.1 Å². The lowest BCUT2D eigenvalue weighted by atomic mass is 10.2. The summed E-state index contributed by atoms with van der Waals surface area (Å²) < 4.78 is 16.4. The van der Waals surface area contributed by atoms with Crippen molar-refractivity contribution >= 4 is 38.8 Å². The van der Waals surface area contributed by atoms with E-state index < -0.39 is 11.8 Å². The number of fused-ring (bicyclic) bond motifs is 1. The van der Waals surface area contributed by atoms with Crippen LogP contribution in [0.15, 0.2) is 65.5 Å². The molecule has 0 unspecified atom stereocenters. The van der Waals surface area contributed by atoms with Gasteiger partial charge in [0.05, 0.1) is 5.69 Å². The molecular formula is C20H16BrFN6O. The van der Waals surface area contributed by atoms with Crippen LogP contribution in [-0.2, 0) is 6.54 Å². The van der Waals surface area contributed by atoms with E-state index in [1.54, 1.807) is 24.7 Å². The Labute approximate surface area is 174 Å². The number of anilines is 1. The van der Waals surface area contributed by atoms with Gasteiger partial charge >= 0.3 is 6.03 Å². The average Bonchev–Trinajstić information content (AvgIpc) is 3.10. The molecular weight excluding hydrogens is 439 g/mol. The Morgan fingerprint density at radius 2 is 1.97 bits per heavy atom. The Hall–Kier alpha value is -3.33. The summed E-state index contributed by atoms with van der Waals surface area (Å²) in [5.41, 5.74) is 2.50. The van der Waals surface area contributed by atoms with E-state index in [4.69, 9.17) is 0 Å². The molecule has 3 aromatic heterocycles. The van der Waals surface area contributed by atoms with Gasteiger partial charge in [-0.15, -0.1) is 0 Å². The number of pyridine rings is 2. The van der Waals surface area contributed by atoms with Gasteiger partial charge in [0, 0.05) is 41.7 Å². The number of rotatable bonds is 5. The first-order valence-electron chi connectivity index (χ1n) is 8.83. The summed E-state index contributed by atoms with van der Waals surface area (Å²) in [4.78, 5) is 25.3. The zero-order chi connectivity index (χ0) is 20.2. The summed E-state index contributed by atoms with van der Waals surface area (Å²) in [5, 5.41) is 5.24. The summed E-state index contributed by atoms with van der Waals surface area (Å²) >= 11 is 3.19. The molecule has 0 aliphatic rings. The van der Waals surface area contributed by atoms with Crippen LogP contribution in [0.1, 0.15) is 0 Å². The number of nitrogens with one attached hydrogen (secondary N) is 2. The second-order valence-corrected chi connectivity index (χ2v) is 7.09. The van der Waals surface area contributed by atoms with E-state index in [0.29, 0.717) is 17.6 Å². The molecule has 0 spiro atoms. The molecule has 0 aliphatic heterocycles.